The zero-order valence-corrected chi connectivity index (χ0v) is 11.6. The summed E-state index contributed by atoms with van der Waals surface area (Å²) in [5, 5.41) is 0. The molecule has 0 atom stereocenters. The molecule has 0 aliphatic rings. The molecule has 4 N–H and O–H groups in total. The molecule has 3 nitrogen and oxygen atoms in total. The van der Waals surface area contributed by atoms with E-state index in [0.717, 1.165) is 17.1 Å². The molecule has 0 saturated heterocycles. The molecule has 0 aromatic heterocycles. The van der Waals surface area contributed by atoms with Gasteiger partial charge in [-0.2, -0.15) is 0 Å². The van der Waals surface area contributed by atoms with Gasteiger partial charge >= 0.3 is 0 Å². The van der Waals surface area contributed by atoms with Crippen molar-refractivity contribution >= 4 is 28.4 Å². The molecule has 0 aliphatic carbocycles. The van der Waals surface area contributed by atoms with Gasteiger partial charge in [0.15, 0.2) is 0 Å². The summed E-state index contributed by atoms with van der Waals surface area (Å²) in [6, 6.07) is 26.1. The number of nitrogen functional groups attached to an aromatic ring is 2. The van der Waals surface area contributed by atoms with Crippen molar-refractivity contribution in [3.05, 3.63) is 78.9 Å². The van der Waals surface area contributed by atoms with Crippen LogP contribution in [0.15, 0.2) is 78.9 Å². The van der Waals surface area contributed by atoms with Crippen LogP contribution in [0.5, 0.6) is 0 Å². The van der Waals surface area contributed by atoms with E-state index in [1.807, 2.05) is 54.6 Å². The van der Waals surface area contributed by atoms with Crippen LogP contribution in [0.4, 0.5) is 28.4 Å². The van der Waals surface area contributed by atoms with Gasteiger partial charge < -0.3 is 16.4 Å². The van der Waals surface area contributed by atoms with Crippen LogP contribution in [0.3, 0.4) is 0 Å². The van der Waals surface area contributed by atoms with Crippen molar-refractivity contribution in [1.82, 2.24) is 0 Å². The van der Waals surface area contributed by atoms with Crippen molar-refractivity contribution in [3.8, 4) is 0 Å². The molecule has 0 saturated carbocycles. The highest BCUT2D eigenvalue weighted by Gasteiger charge is 2.12. The van der Waals surface area contributed by atoms with Gasteiger partial charge in [-0.3, -0.25) is 0 Å². The van der Waals surface area contributed by atoms with E-state index in [1.165, 1.54) is 0 Å². The number of hydrogen-bond donors (Lipinski definition) is 2. The molecular weight excluding hydrogens is 258 g/mol. The Balaban J connectivity index is 2.14. The van der Waals surface area contributed by atoms with Crippen LogP contribution in [-0.2, 0) is 0 Å². The first kappa shape index (κ1) is 13.1. The summed E-state index contributed by atoms with van der Waals surface area (Å²) in [5.74, 6) is 0. The number of nitrogens with two attached hydrogens (primary N) is 2. The lowest BCUT2D eigenvalue weighted by molar-refractivity contribution is 1.28. The first-order valence-electron chi connectivity index (χ1n) is 6.81. The van der Waals surface area contributed by atoms with Crippen molar-refractivity contribution in [1.29, 1.82) is 0 Å². The van der Waals surface area contributed by atoms with Crippen LogP contribution in [0.1, 0.15) is 0 Å². The fourth-order valence-corrected chi connectivity index (χ4v) is 2.30. The zero-order valence-electron chi connectivity index (χ0n) is 11.6. The summed E-state index contributed by atoms with van der Waals surface area (Å²) < 4.78 is 0. The van der Waals surface area contributed by atoms with E-state index in [4.69, 9.17) is 11.5 Å². The highest BCUT2D eigenvalue weighted by atomic mass is 15.1. The van der Waals surface area contributed by atoms with Gasteiger partial charge in [0.25, 0.3) is 0 Å². The highest BCUT2D eigenvalue weighted by molar-refractivity contribution is 5.80. The monoisotopic (exact) mass is 275 g/mol. The Bertz CT molecular complexity index is 684. The molecule has 0 unspecified atom stereocenters. The average molecular weight is 275 g/mol. The second-order valence-corrected chi connectivity index (χ2v) is 4.82. The molecule has 3 rings (SSSR count). The summed E-state index contributed by atoms with van der Waals surface area (Å²) in [6.45, 7) is 0. The third-order valence-corrected chi connectivity index (χ3v) is 3.36. The Morgan fingerprint density at radius 3 is 1.52 bits per heavy atom. The largest absolute Gasteiger partial charge is 0.397 e. The maximum atomic E-state index is 5.96. The molecule has 0 bridgehead atoms. The molecule has 3 aromatic rings. The van der Waals surface area contributed by atoms with Crippen LogP contribution in [0, 0.1) is 0 Å². The van der Waals surface area contributed by atoms with Crippen molar-refractivity contribution in [3.63, 3.8) is 0 Å². The van der Waals surface area contributed by atoms with Gasteiger partial charge in [-0.05, 0) is 42.5 Å². The second kappa shape index (κ2) is 5.59. The van der Waals surface area contributed by atoms with Crippen molar-refractivity contribution in [2.45, 2.75) is 0 Å². The summed E-state index contributed by atoms with van der Waals surface area (Å²) in [5.41, 5.74) is 16.1. The number of rotatable bonds is 3. The predicted molar refractivity (Wildman–Crippen MR) is 89.9 cm³/mol. The highest BCUT2D eigenvalue weighted by Crippen LogP contribution is 2.35. The number of anilines is 5. The Kier molecular flexibility index (Phi) is 3.48. The minimum Gasteiger partial charge on any atom is -0.397 e. The van der Waals surface area contributed by atoms with E-state index in [1.54, 1.807) is 0 Å². The maximum absolute atomic E-state index is 5.96. The first-order valence-corrected chi connectivity index (χ1v) is 6.81. The number of nitrogens with zero attached hydrogens (tertiary/aromatic N) is 1. The molecule has 3 heteroatoms. The van der Waals surface area contributed by atoms with E-state index >= 15 is 0 Å². The molecule has 3 aromatic carbocycles. The van der Waals surface area contributed by atoms with Crippen molar-refractivity contribution in [2.24, 2.45) is 0 Å². The lowest BCUT2D eigenvalue weighted by Gasteiger charge is -2.25. The van der Waals surface area contributed by atoms with E-state index in [-0.39, 0.29) is 0 Å². The number of para-hydroxylation sites is 2. The summed E-state index contributed by atoms with van der Waals surface area (Å²) in [4.78, 5) is 2.15. The molecule has 104 valence electrons. The van der Waals surface area contributed by atoms with Crippen LogP contribution < -0.4 is 16.4 Å². The number of hydrogen-bond acceptors (Lipinski definition) is 3. The van der Waals surface area contributed by atoms with Gasteiger partial charge in [-0.1, -0.05) is 36.4 Å². The zero-order chi connectivity index (χ0) is 14.7. The van der Waals surface area contributed by atoms with Crippen molar-refractivity contribution in [2.75, 3.05) is 16.4 Å². The fraction of sp³-hybridized carbons (Fsp3) is 0. The van der Waals surface area contributed by atoms with E-state index < -0.39 is 0 Å². The Morgan fingerprint density at radius 1 is 0.524 bits per heavy atom. The standard InChI is InChI=1S/C18H17N3/c19-17-12-11-16(13-18(17)20)21(14-7-3-1-4-8-14)15-9-5-2-6-10-15/h1-13H,19-20H2. The Hall–Kier alpha value is -2.94. The molecule has 0 radical (unpaired) electrons. The van der Waals surface area contributed by atoms with E-state index in [9.17, 15) is 0 Å². The summed E-state index contributed by atoms with van der Waals surface area (Å²) in [7, 11) is 0. The van der Waals surface area contributed by atoms with Gasteiger partial charge in [0.1, 0.15) is 0 Å². The molecule has 0 aliphatic heterocycles. The fourth-order valence-electron chi connectivity index (χ4n) is 2.30. The SMILES string of the molecule is Nc1ccc(N(c2ccccc2)c2ccccc2)cc1N. The van der Waals surface area contributed by atoms with Crippen LogP contribution in [-0.4, -0.2) is 0 Å². The summed E-state index contributed by atoms with van der Waals surface area (Å²) in [6.07, 6.45) is 0. The molecule has 0 fully saturated rings. The van der Waals surface area contributed by atoms with Gasteiger partial charge in [0.05, 0.1) is 11.4 Å². The lowest BCUT2D eigenvalue weighted by atomic mass is 10.1. The maximum Gasteiger partial charge on any atom is 0.0568 e. The first-order chi connectivity index (χ1) is 10.3. The number of benzene rings is 3. The quantitative estimate of drug-likeness (QED) is 0.700. The Labute approximate surface area is 124 Å². The third-order valence-electron chi connectivity index (χ3n) is 3.36. The minimum absolute atomic E-state index is 0.587. The molecule has 21 heavy (non-hydrogen) atoms. The topological polar surface area (TPSA) is 55.3 Å². The predicted octanol–water partition coefficient (Wildman–Crippen LogP) is 4.32. The summed E-state index contributed by atoms with van der Waals surface area (Å²) >= 11 is 0. The van der Waals surface area contributed by atoms with Gasteiger partial charge in [-0.25, -0.2) is 0 Å². The third kappa shape index (κ3) is 2.67. The second-order valence-electron chi connectivity index (χ2n) is 4.82. The molecular formula is C18H17N3. The van der Waals surface area contributed by atoms with Crippen molar-refractivity contribution < 1.29 is 0 Å². The molecule has 0 heterocycles. The molecule has 0 amide bonds. The lowest BCUT2D eigenvalue weighted by Crippen LogP contribution is -2.10. The van der Waals surface area contributed by atoms with Crippen LogP contribution >= 0.6 is 0 Å². The van der Waals surface area contributed by atoms with Gasteiger partial charge in [0, 0.05) is 17.1 Å². The van der Waals surface area contributed by atoms with Gasteiger partial charge in [-0.15, -0.1) is 0 Å². The minimum atomic E-state index is 0.587. The average Bonchev–Trinajstić information content (AvgIpc) is 2.53. The van der Waals surface area contributed by atoms with E-state index in [2.05, 4.69) is 29.2 Å². The van der Waals surface area contributed by atoms with Crippen LogP contribution in [0.25, 0.3) is 0 Å². The smallest absolute Gasteiger partial charge is 0.0568 e. The molecule has 0 spiro atoms. The van der Waals surface area contributed by atoms with E-state index in [0.29, 0.717) is 11.4 Å². The Morgan fingerprint density at radius 2 is 1.05 bits per heavy atom. The van der Waals surface area contributed by atoms with Gasteiger partial charge in [0.2, 0.25) is 0 Å². The van der Waals surface area contributed by atoms with Crippen LogP contribution in [0.2, 0.25) is 0 Å². The normalized spacial score (nSPS) is 10.3.